The predicted molar refractivity (Wildman–Crippen MR) is 83.8 cm³/mol. The molecule has 0 fully saturated rings. The maximum Gasteiger partial charge on any atom is 0.251 e. The summed E-state index contributed by atoms with van der Waals surface area (Å²) in [5.41, 5.74) is 2.81. The molecule has 20 heavy (non-hydrogen) atoms. The third-order valence-electron chi connectivity index (χ3n) is 2.87. The Bertz CT molecular complexity index is 617. The maximum absolute atomic E-state index is 12.0. The molecule has 2 nitrogen and oxygen atoms in total. The predicted octanol–water partition coefficient (Wildman–Crippen LogP) is 4.30. The Morgan fingerprint density at radius 3 is 2.65 bits per heavy atom. The summed E-state index contributed by atoms with van der Waals surface area (Å²) in [6.45, 7) is 2.49. The Kier molecular flexibility index (Phi) is 4.97. The first-order valence-corrected chi connectivity index (χ1v) is 6.82. The fraction of sp³-hybridized carbons (Fsp3) is 0.118. The molecule has 2 aromatic rings. The van der Waals surface area contributed by atoms with Crippen molar-refractivity contribution in [1.29, 1.82) is 0 Å². The molecule has 102 valence electrons. The van der Waals surface area contributed by atoms with Gasteiger partial charge in [0, 0.05) is 17.1 Å². The first-order valence-electron chi connectivity index (χ1n) is 6.44. The highest BCUT2D eigenvalue weighted by atomic mass is 35.5. The second-order valence-corrected chi connectivity index (χ2v) is 4.87. The minimum absolute atomic E-state index is 0.0990. The van der Waals surface area contributed by atoms with E-state index in [9.17, 15) is 4.79 Å². The summed E-state index contributed by atoms with van der Waals surface area (Å²) in [4.78, 5) is 12.0. The molecule has 2 aromatic carbocycles. The molecule has 3 heteroatoms. The van der Waals surface area contributed by atoms with Gasteiger partial charge in [0.15, 0.2) is 0 Å². The SMILES string of the molecule is C/C=C/c1cccc(CNC(=O)c2ccc(Cl)cc2)c1. The van der Waals surface area contributed by atoms with Crippen LogP contribution in [-0.4, -0.2) is 5.91 Å². The lowest BCUT2D eigenvalue weighted by molar-refractivity contribution is 0.0951. The van der Waals surface area contributed by atoms with Gasteiger partial charge in [0.1, 0.15) is 0 Å². The number of hydrogen-bond donors (Lipinski definition) is 1. The van der Waals surface area contributed by atoms with Gasteiger partial charge in [0.2, 0.25) is 0 Å². The van der Waals surface area contributed by atoms with Gasteiger partial charge in [-0.05, 0) is 48.4 Å². The van der Waals surface area contributed by atoms with Gasteiger partial charge in [0.05, 0.1) is 0 Å². The van der Waals surface area contributed by atoms with E-state index in [1.165, 1.54) is 0 Å². The van der Waals surface area contributed by atoms with Crippen molar-refractivity contribution in [1.82, 2.24) is 5.32 Å². The summed E-state index contributed by atoms with van der Waals surface area (Å²) in [5, 5.41) is 3.52. The quantitative estimate of drug-likeness (QED) is 0.891. The molecular formula is C17H16ClNO. The summed E-state index contributed by atoms with van der Waals surface area (Å²) in [5.74, 6) is -0.0990. The molecule has 0 spiro atoms. The normalized spacial score (nSPS) is 10.7. The molecule has 0 radical (unpaired) electrons. The highest BCUT2D eigenvalue weighted by Crippen LogP contribution is 2.10. The van der Waals surface area contributed by atoms with Crippen molar-refractivity contribution >= 4 is 23.6 Å². The van der Waals surface area contributed by atoms with Crippen LogP contribution in [0.5, 0.6) is 0 Å². The Labute approximate surface area is 124 Å². The Hall–Kier alpha value is -2.06. The lowest BCUT2D eigenvalue weighted by Crippen LogP contribution is -2.22. The molecule has 0 aromatic heterocycles. The fourth-order valence-corrected chi connectivity index (χ4v) is 2.01. The van der Waals surface area contributed by atoms with Crippen LogP contribution in [0.2, 0.25) is 5.02 Å². The van der Waals surface area contributed by atoms with E-state index < -0.39 is 0 Å². The van der Waals surface area contributed by atoms with Gasteiger partial charge in [0.25, 0.3) is 5.91 Å². The van der Waals surface area contributed by atoms with Gasteiger partial charge in [-0.25, -0.2) is 0 Å². The number of amides is 1. The number of rotatable bonds is 4. The van der Waals surface area contributed by atoms with Crippen LogP contribution in [0.3, 0.4) is 0 Å². The van der Waals surface area contributed by atoms with Crippen LogP contribution in [0, 0.1) is 0 Å². The van der Waals surface area contributed by atoms with Crippen molar-refractivity contribution < 1.29 is 4.79 Å². The smallest absolute Gasteiger partial charge is 0.251 e. The second kappa shape index (κ2) is 6.92. The number of allylic oxidation sites excluding steroid dienone is 1. The lowest BCUT2D eigenvalue weighted by Gasteiger charge is -2.06. The molecule has 0 unspecified atom stereocenters. The Morgan fingerprint density at radius 2 is 1.95 bits per heavy atom. The molecule has 0 aliphatic rings. The summed E-state index contributed by atoms with van der Waals surface area (Å²) < 4.78 is 0. The van der Waals surface area contributed by atoms with Crippen molar-refractivity contribution in [3.05, 3.63) is 76.3 Å². The van der Waals surface area contributed by atoms with Crippen LogP contribution in [0.25, 0.3) is 6.08 Å². The van der Waals surface area contributed by atoms with Crippen LogP contribution in [-0.2, 0) is 6.54 Å². The van der Waals surface area contributed by atoms with Gasteiger partial charge in [-0.15, -0.1) is 0 Å². The Balaban J connectivity index is 1.99. The first-order chi connectivity index (χ1) is 9.69. The van der Waals surface area contributed by atoms with E-state index in [0.717, 1.165) is 11.1 Å². The fourth-order valence-electron chi connectivity index (χ4n) is 1.88. The van der Waals surface area contributed by atoms with Gasteiger partial charge in [-0.3, -0.25) is 4.79 Å². The average molecular weight is 286 g/mol. The number of benzene rings is 2. The zero-order chi connectivity index (χ0) is 14.4. The van der Waals surface area contributed by atoms with Crippen molar-refractivity contribution in [2.24, 2.45) is 0 Å². The number of carbonyl (C=O) groups excluding carboxylic acids is 1. The molecule has 0 aliphatic carbocycles. The van der Waals surface area contributed by atoms with E-state index in [-0.39, 0.29) is 5.91 Å². The highest BCUT2D eigenvalue weighted by molar-refractivity contribution is 6.30. The van der Waals surface area contributed by atoms with Crippen LogP contribution in [0.4, 0.5) is 0 Å². The molecule has 1 amide bonds. The van der Waals surface area contributed by atoms with E-state index in [0.29, 0.717) is 17.1 Å². The lowest BCUT2D eigenvalue weighted by atomic mass is 10.1. The van der Waals surface area contributed by atoms with Crippen molar-refractivity contribution in [3.8, 4) is 0 Å². The summed E-state index contributed by atoms with van der Waals surface area (Å²) >= 11 is 5.80. The van der Waals surface area contributed by atoms with Crippen LogP contribution < -0.4 is 5.32 Å². The van der Waals surface area contributed by atoms with Crippen molar-refractivity contribution in [2.75, 3.05) is 0 Å². The van der Waals surface area contributed by atoms with Crippen molar-refractivity contribution in [2.45, 2.75) is 13.5 Å². The van der Waals surface area contributed by atoms with Crippen LogP contribution in [0.15, 0.2) is 54.6 Å². The summed E-state index contributed by atoms with van der Waals surface area (Å²) in [6, 6.07) is 14.9. The standard InChI is InChI=1S/C17H16ClNO/c1-2-4-13-5-3-6-14(11-13)12-19-17(20)15-7-9-16(18)10-8-15/h2-11H,12H2,1H3,(H,19,20)/b4-2+. The highest BCUT2D eigenvalue weighted by Gasteiger charge is 2.04. The topological polar surface area (TPSA) is 29.1 Å². The van der Waals surface area contributed by atoms with E-state index in [1.54, 1.807) is 24.3 Å². The molecular weight excluding hydrogens is 270 g/mol. The first kappa shape index (κ1) is 14.4. The number of hydrogen-bond acceptors (Lipinski definition) is 1. The van der Waals surface area contributed by atoms with E-state index in [1.807, 2.05) is 37.3 Å². The second-order valence-electron chi connectivity index (χ2n) is 4.43. The van der Waals surface area contributed by atoms with Gasteiger partial charge < -0.3 is 5.32 Å². The average Bonchev–Trinajstić information content (AvgIpc) is 2.46. The summed E-state index contributed by atoms with van der Waals surface area (Å²) in [6.07, 6.45) is 4.02. The van der Waals surface area contributed by atoms with E-state index in [4.69, 9.17) is 11.6 Å². The third kappa shape index (κ3) is 3.97. The zero-order valence-corrected chi connectivity index (χ0v) is 12.0. The minimum Gasteiger partial charge on any atom is -0.348 e. The molecule has 0 bridgehead atoms. The molecule has 0 atom stereocenters. The number of halogens is 1. The van der Waals surface area contributed by atoms with Crippen molar-refractivity contribution in [3.63, 3.8) is 0 Å². The van der Waals surface area contributed by atoms with E-state index >= 15 is 0 Å². The van der Waals surface area contributed by atoms with Crippen LogP contribution in [0.1, 0.15) is 28.4 Å². The molecule has 1 N–H and O–H groups in total. The molecule has 0 heterocycles. The van der Waals surface area contributed by atoms with Crippen LogP contribution >= 0.6 is 11.6 Å². The molecule has 0 saturated heterocycles. The largest absolute Gasteiger partial charge is 0.348 e. The molecule has 2 rings (SSSR count). The monoisotopic (exact) mass is 285 g/mol. The van der Waals surface area contributed by atoms with Gasteiger partial charge in [-0.2, -0.15) is 0 Å². The molecule has 0 aliphatic heterocycles. The maximum atomic E-state index is 12.0. The van der Waals surface area contributed by atoms with Gasteiger partial charge >= 0.3 is 0 Å². The number of nitrogens with one attached hydrogen (secondary N) is 1. The van der Waals surface area contributed by atoms with E-state index in [2.05, 4.69) is 11.4 Å². The summed E-state index contributed by atoms with van der Waals surface area (Å²) in [7, 11) is 0. The minimum atomic E-state index is -0.0990. The number of carbonyl (C=O) groups is 1. The Morgan fingerprint density at radius 1 is 1.20 bits per heavy atom. The molecule has 0 saturated carbocycles. The van der Waals surface area contributed by atoms with Gasteiger partial charge in [-0.1, -0.05) is 42.0 Å². The third-order valence-corrected chi connectivity index (χ3v) is 3.12. The zero-order valence-electron chi connectivity index (χ0n) is 11.3.